The van der Waals surface area contributed by atoms with E-state index in [0.717, 1.165) is 6.42 Å². The van der Waals surface area contributed by atoms with Gasteiger partial charge >= 0.3 is 0 Å². The molecule has 0 aliphatic carbocycles. The summed E-state index contributed by atoms with van der Waals surface area (Å²) in [6.45, 7) is 0. The van der Waals surface area contributed by atoms with E-state index < -0.39 is 0 Å². The Balaban J connectivity index is 2.01. The second-order valence-corrected chi connectivity index (χ2v) is 3.58. The summed E-state index contributed by atoms with van der Waals surface area (Å²) < 4.78 is 0. The summed E-state index contributed by atoms with van der Waals surface area (Å²) in [6.07, 6.45) is 1.49. The van der Waals surface area contributed by atoms with E-state index >= 15 is 0 Å². The summed E-state index contributed by atoms with van der Waals surface area (Å²) in [4.78, 5) is 11.2. The predicted octanol–water partition coefficient (Wildman–Crippen LogP) is 1.16. The molecule has 0 radical (unpaired) electrons. The average molecular weight is 190 g/mol. The van der Waals surface area contributed by atoms with Crippen molar-refractivity contribution < 1.29 is 4.79 Å². The summed E-state index contributed by atoms with van der Waals surface area (Å²) in [7, 11) is 1.67. The van der Waals surface area contributed by atoms with Crippen molar-refractivity contribution in [1.29, 1.82) is 0 Å². The Morgan fingerprint density at radius 2 is 2.36 bits per heavy atom. The third-order valence-electron chi connectivity index (χ3n) is 2.55. The van der Waals surface area contributed by atoms with Crippen LogP contribution >= 0.6 is 0 Å². The van der Waals surface area contributed by atoms with E-state index in [9.17, 15) is 4.79 Å². The molecule has 14 heavy (non-hydrogen) atoms. The maximum Gasteiger partial charge on any atom is 0.221 e. The van der Waals surface area contributed by atoms with Gasteiger partial charge < -0.3 is 10.6 Å². The lowest BCUT2D eigenvalue weighted by atomic mass is 10.1. The van der Waals surface area contributed by atoms with Crippen LogP contribution in [0.1, 0.15) is 12.0 Å². The zero-order valence-corrected chi connectivity index (χ0v) is 8.21. The number of rotatable bonds is 2. The molecular formula is C11H14N2O. The van der Waals surface area contributed by atoms with Gasteiger partial charge in [-0.25, -0.2) is 0 Å². The summed E-state index contributed by atoms with van der Waals surface area (Å²) in [5, 5.41) is 5.98. The van der Waals surface area contributed by atoms with E-state index in [1.54, 1.807) is 7.05 Å². The van der Waals surface area contributed by atoms with Gasteiger partial charge in [-0.15, -0.1) is 0 Å². The molecule has 3 heteroatoms. The van der Waals surface area contributed by atoms with Crippen molar-refractivity contribution in [3.8, 4) is 0 Å². The molecule has 1 amide bonds. The maximum atomic E-state index is 11.2. The van der Waals surface area contributed by atoms with Crippen molar-refractivity contribution in [3.05, 3.63) is 29.8 Å². The Kier molecular flexibility index (Phi) is 2.39. The lowest BCUT2D eigenvalue weighted by molar-refractivity contribution is -0.120. The lowest BCUT2D eigenvalue weighted by Crippen LogP contribution is -2.27. The van der Waals surface area contributed by atoms with Crippen LogP contribution in [0.4, 0.5) is 5.69 Å². The lowest BCUT2D eigenvalue weighted by Gasteiger charge is -2.09. The number of nitrogens with one attached hydrogen (secondary N) is 2. The number of carbonyl (C=O) groups excluding carboxylic acids is 1. The highest BCUT2D eigenvalue weighted by atomic mass is 16.1. The SMILES string of the molecule is CNC(=O)CC1Cc2ccccc2N1. The number of hydrogen-bond donors (Lipinski definition) is 2. The molecule has 1 aliphatic heterocycles. The molecule has 1 heterocycles. The Morgan fingerprint density at radius 3 is 3.07 bits per heavy atom. The van der Waals surface area contributed by atoms with Crippen LogP contribution in [-0.2, 0) is 11.2 Å². The molecule has 1 aliphatic rings. The molecular weight excluding hydrogens is 176 g/mol. The van der Waals surface area contributed by atoms with Crippen LogP contribution < -0.4 is 10.6 Å². The van der Waals surface area contributed by atoms with Crippen LogP contribution in [0.25, 0.3) is 0 Å². The molecule has 2 N–H and O–H groups in total. The zero-order valence-electron chi connectivity index (χ0n) is 8.21. The first kappa shape index (κ1) is 9.06. The van der Waals surface area contributed by atoms with Crippen LogP contribution in [-0.4, -0.2) is 19.0 Å². The standard InChI is InChI=1S/C11H14N2O/c1-12-11(14)7-9-6-8-4-2-3-5-10(8)13-9/h2-5,9,13H,6-7H2,1H3,(H,12,14). The van der Waals surface area contributed by atoms with Crippen molar-refractivity contribution in [2.75, 3.05) is 12.4 Å². The van der Waals surface area contributed by atoms with Gasteiger partial charge in [0.25, 0.3) is 0 Å². The van der Waals surface area contributed by atoms with Crippen molar-refractivity contribution in [1.82, 2.24) is 5.32 Å². The summed E-state index contributed by atoms with van der Waals surface area (Å²) in [5.41, 5.74) is 2.47. The van der Waals surface area contributed by atoms with Crippen LogP contribution in [0.3, 0.4) is 0 Å². The first-order valence-corrected chi connectivity index (χ1v) is 4.84. The van der Waals surface area contributed by atoms with E-state index in [-0.39, 0.29) is 11.9 Å². The topological polar surface area (TPSA) is 41.1 Å². The minimum Gasteiger partial charge on any atom is -0.381 e. The van der Waals surface area contributed by atoms with Crippen molar-refractivity contribution in [2.45, 2.75) is 18.9 Å². The molecule has 0 saturated carbocycles. The number of carbonyl (C=O) groups is 1. The monoisotopic (exact) mass is 190 g/mol. The van der Waals surface area contributed by atoms with Gasteiger partial charge in [-0.1, -0.05) is 18.2 Å². The fourth-order valence-corrected chi connectivity index (χ4v) is 1.82. The maximum absolute atomic E-state index is 11.2. The number of benzene rings is 1. The number of para-hydroxylation sites is 1. The summed E-state index contributed by atoms with van der Waals surface area (Å²) >= 11 is 0. The summed E-state index contributed by atoms with van der Waals surface area (Å²) in [6, 6.07) is 8.45. The molecule has 1 aromatic carbocycles. The van der Waals surface area contributed by atoms with E-state index in [0.29, 0.717) is 6.42 Å². The third-order valence-corrected chi connectivity index (χ3v) is 2.55. The van der Waals surface area contributed by atoms with Crippen LogP contribution in [0.2, 0.25) is 0 Å². The number of fused-ring (bicyclic) bond motifs is 1. The summed E-state index contributed by atoms with van der Waals surface area (Å²) in [5.74, 6) is 0.0929. The Labute approximate surface area is 83.5 Å². The minimum absolute atomic E-state index is 0.0929. The fourth-order valence-electron chi connectivity index (χ4n) is 1.82. The van der Waals surface area contributed by atoms with E-state index in [2.05, 4.69) is 22.8 Å². The van der Waals surface area contributed by atoms with E-state index in [1.165, 1.54) is 11.3 Å². The molecule has 1 unspecified atom stereocenters. The molecule has 0 aromatic heterocycles. The first-order valence-electron chi connectivity index (χ1n) is 4.84. The minimum atomic E-state index is 0.0929. The Hall–Kier alpha value is -1.51. The Bertz CT molecular complexity index is 324. The highest BCUT2D eigenvalue weighted by Gasteiger charge is 2.21. The first-order chi connectivity index (χ1) is 6.79. The molecule has 0 spiro atoms. The molecule has 0 saturated heterocycles. The molecule has 1 aromatic rings. The van der Waals surface area contributed by atoms with Gasteiger partial charge in [-0.2, -0.15) is 0 Å². The zero-order chi connectivity index (χ0) is 9.97. The molecule has 0 bridgehead atoms. The molecule has 74 valence electrons. The quantitative estimate of drug-likeness (QED) is 0.734. The van der Waals surface area contributed by atoms with E-state index in [4.69, 9.17) is 0 Å². The van der Waals surface area contributed by atoms with Crippen molar-refractivity contribution in [2.24, 2.45) is 0 Å². The normalized spacial score (nSPS) is 18.5. The molecule has 1 atom stereocenters. The third kappa shape index (κ3) is 1.71. The average Bonchev–Trinajstić information content (AvgIpc) is 2.59. The molecule has 3 nitrogen and oxygen atoms in total. The number of anilines is 1. The van der Waals surface area contributed by atoms with Crippen LogP contribution in [0, 0.1) is 0 Å². The highest BCUT2D eigenvalue weighted by Crippen LogP contribution is 2.26. The Morgan fingerprint density at radius 1 is 1.57 bits per heavy atom. The van der Waals surface area contributed by atoms with E-state index in [1.807, 2.05) is 12.1 Å². The molecule has 0 fully saturated rings. The predicted molar refractivity (Wildman–Crippen MR) is 56.2 cm³/mol. The van der Waals surface area contributed by atoms with Crippen molar-refractivity contribution in [3.63, 3.8) is 0 Å². The van der Waals surface area contributed by atoms with Gasteiger partial charge in [0.2, 0.25) is 5.91 Å². The van der Waals surface area contributed by atoms with Crippen LogP contribution in [0.5, 0.6) is 0 Å². The second-order valence-electron chi connectivity index (χ2n) is 3.58. The largest absolute Gasteiger partial charge is 0.381 e. The van der Waals surface area contributed by atoms with Gasteiger partial charge in [-0.3, -0.25) is 4.79 Å². The smallest absolute Gasteiger partial charge is 0.221 e. The highest BCUT2D eigenvalue weighted by molar-refractivity contribution is 5.77. The van der Waals surface area contributed by atoms with Crippen molar-refractivity contribution >= 4 is 11.6 Å². The molecule has 2 rings (SSSR count). The second kappa shape index (κ2) is 3.70. The number of hydrogen-bond acceptors (Lipinski definition) is 2. The van der Waals surface area contributed by atoms with Gasteiger partial charge in [0.1, 0.15) is 0 Å². The van der Waals surface area contributed by atoms with Gasteiger partial charge in [-0.05, 0) is 18.1 Å². The van der Waals surface area contributed by atoms with Gasteiger partial charge in [0, 0.05) is 25.2 Å². The number of amides is 1. The van der Waals surface area contributed by atoms with Gasteiger partial charge in [0.05, 0.1) is 0 Å². The fraction of sp³-hybridized carbons (Fsp3) is 0.364. The van der Waals surface area contributed by atoms with Crippen LogP contribution in [0.15, 0.2) is 24.3 Å². The van der Waals surface area contributed by atoms with Gasteiger partial charge in [0.15, 0.2) is 0 Å².